The van der Waals surface area contributed by atoms with Crippen LogP contribution in [0.1, 0.15) is 16.7 Å². The molecule has 0 aromatic heterocycles. The van der Waals surface area contributed by atoms with Crippen molar-refractivity contribution in [2.45, 2.75) is 20.4 Å². The van der Waals surface area contributed by atoms with Gasteiger partial charge in [0.05, 0.1) is 0 Å². The summed E-state index contributed by atoms with van der Waals surface area (Å²) in [6.45, 7) is 4.41. The molecule has 0 saturated heterocycles. The molecule has 0 aliphatic rings. The maximum absolute atomic E-state index is 8.55. The van der Waals surface area contributed by atoms with E-state index < -0.39 is 0 Å². The molecule has 0 unspecified atom stereocenters. The highest BCUT2D eigenvalue weighted by Gasteiger charge is 2.04. The van der Waals surface area contributed by atoms with Gasteiger partial charge in [0.2, 0.25) is 0 Å². The van der Waals surface area contributed by atoms with Crippen molar-refractivity contribution in [3.8, 4) is 0 Å². The van der Waals surface area contributed by atoms with Crippen LogP contribution in [-0.2, 0) is 6.54 Å². The SMILES string of the molecule is Cc1ccc(Cl)c(CNO)c1C. The highest BCUT2D eigenvalue weighted by Crippen LogP contribution is 2.22. The van der Waals surface area contributed by atoms with Crippen molar-refractivity contribution in [1.29, 1.82) is 0 Å². The van der Waals surface area contributed by atoms with E-state index in [9.17, 15) is 0 Å². The average Bonchev–Trinajstić information content (AvgIpc) is 2.06. The number of rotatable bonds is 2. The third-order valence-corrected chi connectivity index (χ3v) is 2.42. The highest BCUT2D eigenvalue weighted by molar-refractivity contribution is 6.31. The lowest BCUT2D eigenvalue weighted by Crippen LogP contribution is -2.08. The maximum atomic E-state index is 8.55. The first-order chi connectivity index (χ1) is 5.66. The molecule has 0 aliphatic carbocycles. The van der Waals surface area contributed by atoms with Crippen molar-refractivity contribution >= 4 is 11.6 Å². The topological polar surface area (TPSA) is 32.3 Å². The molecule has 1 rings (SSSR count). The normalized spacial score (nSPS) is 10.3. The summed E-state index contributed by atoms with van der Waals surface area (Å²) in [5.74, 6) is 0. The number of benzene rings is 1. The second-order valence-corrected chi connectivity index (χ2v) is 3.21. The van der Waals surface area contributed by atoms with Gasteiger partial charge >= 0.3 is 0 Å². The molecule has 0 amide bonds. The van der Waals surface area contributed by atoms with Crippen LogP contribution in [0, 0.1) is 13.8 Å². The van der Waals surface area contributed by atoms with Crippen LogP contribution in [0.4, 0.5) is 0 Å². The molecule has 66 valence electrons. The van der Waals surface area contributed by atoms with E-state index in [1.165, 1.54) is 5.56 Å². The minimum absolute atomic E-state index is 0.395. The van der Waals surface area contributed by atoms with Crippen molar-refractivity contribution in [2.24, 2.45) is 0 Å². The summed E-state index contributed by atoms with van der Waals surface area (Å²) in [7, 11) is 0. The third kappa shape index (κ3) is 1.78. The Bertz CT molecular complexity index is 286. The van der Waals surface area contributed by atoms with Gasteiger partial charge in [-0.2, -0.15) is 0 Å². The fourth-order valence-electron chi connectivity index (χ4n) is 1.14. The summed E-state index contributed by atoms with van der Waals surface area (Å²) in [4.78, 5) is 0. The molecule has 1 aromatic carbocycles. The maximum Gasteiger partial charge on any atom is 0.0475 e. The first-order valence-corrected chi connectivity index (χ1v) is 4.16. The first-order valence-electron chi connectivity index (χ1n) is 3.78. The molecule has 2 N–H and O–H groups in total. The zero-order valence-electron chi connectivity index (χ0n) is 7.19. The average molecular weight is 186 g/mol. The van der Waals surface area contributed by atoms with Gasteiger partial charge in [-0.25, -0.2) is 5.48 Å². The standard InChI is InChI=1S/C9H12ClNO/c1-6-3-4-9(10)8(5-11-12)7(6)2/h3-4,11-12H,5H2,1-2H3. The van der Waals surface area contributed by atoms with Gasteiger partial charge in [0.1, 0.15) is 0 Å². The van der Waals surface area contributed by atoms with Crippen LogP contribution >= 0.6 is 11.6 Å². The molecule has 3 heteroatoms. The van der Waals surface area contributed by atoms with Gasteiger partial charge in [-0.05, 0) is 36.6 Å². The Morgan fingerprint density at radius 1 is 1.42 bits per heavy atom. The summed E-state index contributed by atoms with van der Waals surface area (Å²) in [5.41, 5.74) is 5.38. The van der Waals surface area contributed by atoms with E-state index in [4.69, 9.17) is 16.8 Å². The van der Waals surface area contributed by atoms with E-state index >= 15 is 0 Å². The molecule has 2 nitrogen and oxygen atoms in total. The van der Waals surface area contributed by atoms with Gasteiger partial charge < -0.3 is 5.21 Å². The Kier molecular flexibility index (Phi) is 3.09. The van der Waals surface area contributed by atoms with E-state index in [1.54, 1.807) is 0 Å². The number of halogens is 1. The quantitative estimate of drug-likeness (QED) is 0.694. The van der Waals surface area contributed by atoms with Crippen LogP contribution in [0.15, 0.2) is 12.1 Å². The molecule has 0 atom stereocenters. The smallest absolute Gasteiger partial charge is 0.0475 e. The van der Waals surface area contributed by atoms with Gasteiger partial charge in [0, 0.05) is 11.6 Å². The number of hydrogen-bond donors (Lipinski definition) is 2. The summed E-state index contributed by atoms with van der Waals surface area (Å²) < 4.78 is 0. The zero-order valence-corrected chi connectivity index (χ0v) is 7.94. The second kappa shape index (κ2) is 3.90. The Labute approximate surface area is 77.1 Å². The molecule has 0 radical (unpaired) electrons. The molecular formula is C9H12ClNO. The predicted octanol–water partition coefficient (Wildman–Crippen LogP) is 2.44. The molecule has 1 aromatic rings. The molecule has 0 spiro atoms. The fourth-order valence-corrected chi connectivity index (χ4v) is 1.41. The Morgan fingerprint density at radius 2 is 2.08 bits per heavy atom. The highest BCUT2D eigenvalue weighted by atomic mass is 35.5. The van der Waals surface area contributed by atoms with Gasteiger partial charge in [0.25, 0.3) is 0 Å². The van der Waals surface area contributed by atoms with E-state index in [1.807, 2.05) is 26.0 Å². The van der Waals surface area contributed by atoms with Crippen molar-refractivity contribution in [3.05, 3.63) is 33.8 Å². The van der Waals surface area contributed by atoms with Crippen molar-refractivity contribution < 1.29 is 5.21 Å². The molecule has 0 aliphatic heterocycles. The van der Waals surface area contributed by atoms with Crippen LogP contribution in [0.5, 0.6) is 0 Å². The lowest BCUT2D eigenvalue weighted by atomic mass is 10.0. The molecule has 0 bridgehead atoms. The van der Waals surface area contributed by atoms with Gasteiger partial charge in [-0.3, -0.25) is 0 Å². The van der Waals surface area contributed by atoms with E-state index in [0.717, 1.165) is 11.1 Å². The number of nitrogens with one attached hydrogen (secondary N) is 1. The number of aryl methyl sites for hydroxylation is 1. The Balaban J connectivity index is 3.14. The van der Waals surface area contributed by atoms with E-state index in [0.29, 0.717) is 11.6 Å². The van der Waals surface area contributed by atoms with Crippen LogP contribution in [0.2, 0.25) is 5.02 Å². The van der Waals surface area contributed by atoms with Crippen molar-refractivity contribution in [2.75, 3.05) is 0 Å². The Hall–Kier alpha value is -0.570. The van der Waals surface area contributed by atoms with Crippen molar-refractivity contribution in [3.63, 3.8) is 0 Å². The van der Waals surface area contributed by atoms with Crippen molar-refractivity contribution in [1.82, 2.24) is 5.48 Å². The number of hydroxylamine groups is 1. The van der Waals surface area contributed by atoms with Crippen LogP contribution in [0.25, 0.3) is 0 Å². The lowest BCUT2D eigenvalue weighted by molar-refractivity contribution is 0.161. The molecular weight excluding hydrogens is 174 g/mol. The lowest BCUT2D eigenvalue weighted by Gasteiger charge is -2.09. The van der Waals surface area contributed by atoms with Gasteiger partial charge in [-0.15, -0.1) is 0 Å². The summed E-state index contributed by atoms with van der Waals surface area (Å²) >= 11 is 5.93. The minimum atomic E-state index is 0.395. The van der Waals surface area contributed by atoms with Crippen LogP contribution < -0.4 is 5.48 Å². The first kappa shape index (κ1) is 9.52. The van der Waals surface area contributed by atoms with E-state index in [2.05, 4.69) is 5.48 Å². The molecule has 12 heavy (non-hydrogen) atoms. The molecule has 0 fully saturated rings. The summed E-state index contributed by atoms with van der Waals surface area (Å²) in [6, 6.07) is 3.81. The number of hydrogen-bond acceptors (Lipinski definition) is 2. The molecule has 0 heterocycles. The van der Waals surface area contributed by atoms with E-state index in [-0.39, 0.29) is 0 Å². The van der Waals surface area contributed by atoms with Gasteiger partial charge in [-0.1, -0.05) is 17.7 Å². The summed E-state index contributed by atoms with van der Waals surface area (Å²) in [5, 5.41) is 9.24. The minimum Gasteiger partial charge on any atom is -0.316 e. The zero-order chi connectivity index (χ0) is 9.14. The van der Waals surface area contributed by atoms with Crippen LogP contribution in [-0.4, -0.2) is 5.21 Å². The monoisotopic (exact) mass is 185 g/mol. The largest absolute Gasteiger partial charge is 0.316 e. The predicted molar refractivity (Wildman–Crippen MR) is 49.6 cm³/mol. The fraction of sp³-hybridized carbons (Fsp3) is 0.333. The van der Waals surface area contributed by atoms with Crippen LogP contribution in [0.3, 0.4) is 0 Å². The molecule has 0 saturated carbocycles. The summed E-state index contributed by atoms with van der Waals surface area (Å²) in [6.07, 6.45) is 0. The van der Waals surface area contributed by atoms with Gasteiger partial charge in [0.15, 0.2) is 0 Å². The Morgan fingerprint density at radius 3 is 2.67 bits per heavy atom. The third-order valence-electron chi connectivity index (χ3n) is 2.07. The second-order valence-electron chi connectivity index (χ2n) is 2.80.